The van der Waals surface area contributed by atoms with Gasteiger partial charge in [-0.25, -0.2) is 9.18 Å². The van der Waals surface area contributed by atoms with E-state index in [0.717, 1.165) is 11.0 Å². The van der Waals surface area contributed by atoms with Crippen LogP contribution >= 0.6 is 11.8 Å². The van der Waals surface area contributed by atoms with Crippen molar-refractivity contribution in [2.75, 3.05) is 35.6 Å². The van der Waals surface area contributed by atoms with Crippen molar-refractivity contribution in [1.82, 2.24) is 5.32 Å². The molecule has 2 fully saturated rings. The highest BCUT2D eigenvalue weighted by Gasteiger charge is 2.24. The molecule has 2 amide bonds. The monoisotopic (exact) mass is 395 g/mol. The fourth-order valence-electron chi connectivity index (χ4n) is 3.84. The number of anilines is 2. The Morgan fingerprint density at radius 1 is 1.26 bits per heavy atom. The van der Waals surface area contributed by atoms with Crippen molar-refractivity contribution in [3.8, 4) is 0 Å². The van der Waals surface area contributed by atoms with E-state index in [1.165, 1.54) is 31.7 Å². The Bertz CT molecular complexity index is 630. The second-order valence-electron chi connectivity index (χ2n) is 7.49. The highest BCUT2D eigenvalue weighted by molar-refractivity contribution is 7.99. The fourth-order valence-corrected chi connectivity index (χ4v) is 5.06. The number of benzene rings is 1. The Hall–Kier alpha value is -1.47. The van der Waals surface area contributed by atoms with Gasteiger partial charge in [-0.15, -0.1) is 0 Å². The van der Waals surface area contributed by atoms with Crippen LogP contribution in [0.25, 0.3) is 0 Å². The topological polar surface area (TPSA) is 53.6 Å². The van der Waals surface area contributed by atoms with Crippen LogP contribution in [0.4, 0.5) is 20.6 Å². The Kier molecular flexibility index (Phi) is 7.24. The summed E-state index contributed by atoms with van der Waals surface area (Å²) in [6, 6.07) is 4.57. The number of hydrogen-bond donors (Lipinski definition) is 2. The average molecular weight is 396 g/mol. The minimum Gasteiger partial charge on any atom is -0.372 e. The average Bonchev–Trinajstić information content (AvgIpc) is 3.11. The minimum atomic E-state index is -0.328. The molecule has 2 atom stereocenters. The van der Waals surface area contributed by atoms with Crippen molar-refractivity contribution >= 4 is 29.2 Å². The molecule has 2 aliphatic rings. The van der Waals surface area contributed by atoms with Crippen LogP contribution in [0.3, 0.4) is 0 Å². The van der Waals surface area contributed by atoms with Gasteiger partial charge in [-0.2, -0.15) is 11.8 Å². The Labute approximate surface area is 165 Å². The van der Waals surface area contributed by atoms with E-state index in [9.17, 15) is 9.18 Å². The Balaban J connectivity index is 1.46. The van der Waals surface area contributed by atoms with E-state index < -0.39 is 0 Å². The third-order valence-corrected chi connectivity index (χ3v) is 6.39. The predicted octanol–water partition coefficient (Wildman–Crippen LogP) is 4.24. The van der Waals surface area contributed by atoms with Crippen molar-refractivity contribution in [3.05, 3.63) is 24.0 Å². The first kappa shape index (κ1) is 20.3. The molecule has 0 spiro atoms. The van der Waals surface area contributed by atoms with E-state index in [0.29, 0.717) is 31.0 Å². The molecule has 1 saturated heterocycles. The lowest BCUT2D eigenvalue weighted by Crippen LogP contribution is -2.45. The molecule has 1 aliphatic carbocycles. The molecule has 1 saturated carbocycles. The van der Waals surface area contributed by atoms with Gasteiger partial charge in [0.1, 0.15) is 5.82 Å². The van der Waals surface area contributed by atoms with E-state index in [4.69, 9.17) is 4.74 Å². The highest BCUT2D eigenvalue weighted by atomic mass is 32.2. The number of thioether (sulfide) groups is 1. The van der Waals surface area contributed by atoms with Crippen LogP contribution in [0.15, 0.2) is 18.2 Å². The van der Waals surface area contributed by atoms with E-state index in [1.807, 2.05) is 30.5 Å². The first-order chi connectivity index (χ1) is 13.0. The summed E-state index contributed by atoms with van der Waals surface area (Å²) in [5.74, 6) is 0.588. The number of morpholine rings is 1. The zero-order chi connectivity index (χ0) is 19.2. The van der Waals surface area contributed by atoms with Crippen LogP contribution in [0.2, 0.25) is 0 Å². The summed E-state index contributed by atoms with van der Waals surface area (Å²) in [4.78, 5) is 14.0. The third-order valence-electron chi connectivity index (χ3n) is 5.01. The Morgan fingerprint density at radius 3 is 2.63 bits per heavy atom. The molecular weight excluding hydrogens is 365 g/mol. The SMILES string of the molecule is C[C@@H]1CN(c2ccc(NC(=O)NCCSC3CCCC3)cc2F)C[C@@H](C)O1. The highest BCUT2D eigenvalue weighted by Crippen LogP contribution is 2.29. The second kappa shape index (κ2) is 9.64. The van der Waals surface area contributed by atoms with Gasteiger partial charge in [0.05, 0.1) is 17.9 Å². The molecule has 1 heterocycles. The van der Waals surface area contributed by atoms with Crippen LogP contribution in [0.1, 0.15) is 39.5 Å². The lowest BCUT2D eigenvalue weighted by molar-refractivity contribution is -0.00539. The maximum Gasteiger partial charge on any atom is 0.319 e. The summed E-state index contributed by atoms with van der Waals surface area (Å²) < 4.78 is 20.3. The van der Waals surface area contributed by atoms with Crippen LogP contribution in [-0.4, -0.2) is 48.9 Å². The fraction of sp³-hybridized carbons (Fsp3) is 0.650. The van der Waals surface area contributed by atoms with Crippen molar-refractivity contribution in [1.29, 1.82) is 0 Å². The van der Waals surface area contributed by atoms with Gasteiger partial charge in [-0.1, -0.05) is 12.8 Å². The number of halogens is 1. The van der Waals surface area contributed by atoms with Gasteiger partial charge < -0.3 is 20.3 Å². The van der Waals surface area contributed by atoms with E-state index in [1.54, 1.807) is 12.1 Å². The van der Waals surface area contributed by atoms with Crippen molar-refractivity contribution < 1.29 is 13.9 Å². The van der Waals surface area contributed by atoms with Crippen molar-refractivity contribution in [2.24, 2.45) is 0 Å². The molecule has 150 valence electrons. The van der Waals surface area contributed by atoms with Gasteiger partial charge in [-0.05, 0) is 44.9 Å². The molecule has 0 radical (unpaired) electrons. The summed E-state index contributed by atoms with van der Waals surface area (Å²) in [5.41, 5.74) is 1.02. The van der Waals surface area contributed by atoms with Crippen LogP contribution in [-0.2, 0) is 4.74 Å². The number of carbonyl (C=O) groups excluding carboxylic acids is 1. The maximum absolute atomic E-state index is 14.6. The first-order valence-electron chi connectivity index (χ1n) is 9.87. The number of nitrogens with zero attached hydrogens (tertiary/aromatic N) is 1. The largest absolute Gasteiger partial charge is 0.372 e. The number of amides is 2. The quantitative estimate of drug-likeness (QED) is 0.708. The van der Waals surface area contributed by atoms with E-state index in [2.05, 4.69) is 10.6 Å². The molecule has 2 N–H and O–H groups in total. The summed E-state index contributed by atoms with van der Waals surface area (Å²) >= 11 is 1.93. The minimum absolute atomic E-state index is 0.0684. The van der Waals surface area contributed by atoms with Gasteiger partial charge in [0.2, 0.25) is 0 Å². The van der Waals surface area contributed by atoms with E-state index >= 15 is 0 Å². The molecule has 1 aromatic rings. The number of urea groups is 1. The standard InChI is InChI=1S/C20H30FN3O2S/c1-14-12-24(13-15(2)26-14)19-8-7-16(11-18(19)21)23-20(25)22-9-10-27-17-5-3-4-6-17/h7-8,11,14-15,17H,3-6,9-10,12-13H2,1-2H3,(H2,22,23,25)/t14-,15-/m1/s1. The van der Waals surface area contributed by atoms with Gasteiger partial charge in [0.15, 0.2) is 0 Å². The molecule has 1 aliphatic heterocycles. The van der Waals surface area contributed by atoms with Crippen molar-refractivity contribution in [3.63, 3.8) is 0 Å². The van der Waals surface area contributed by atoms with Gasteiger partial charge >= 0.3 is 6.03 Å². The normalized spacial score (nSPS) is 23.4. The summed E-state index contributed by atoms with van der Waals surface area (Å²) in [5, 5.41) is 6.31. The molecule has 3 rings (SSSR count). The molecule has 1 aromatic carbocycles. The second-order valence-corrected chi connectivity index (χ2v) is 8.89. The van der Waals surface area contributed by atoms with Crippen molar-refractivity contribution in [2.45, 2.75) is 57.0 Å². The number of carbonyl (C=O) groups is 1. The molecule has 0 bridgehead atoms. The number of rotatable bonds is 6. The summed E-state index contributed by atoms with van der Waals surface area (Å²) in [6.07, 6.45) is 5.38. The first-order valence-corrected chi connectivity index (χ1v) is 10.9. The maximum atomic E-state index is 14.6. The molecule has 0 aromatic heterocycles. The molecular formula is C20H30FN3O2S. The van der Waals surface area contributed by atoms with E-state index in [-0.39, 0.29) is 24.1 Å². The molecule has 7 heteroatoms. The van der Waals surface area contributed by atoms with Gasteiger partial charge in [0.25, 0.3) is 0 Å². The van der Waals surface area contributed by atoms with Gasteiger partial charge in [0, 0.05) is 36.3 Å². The zero-order valence-corrected chi connectivity index (χ0v) is 17.0. The summed E-state index contributed by atoms with van der Waals surface area (Å²) in [6.45, 7) is 5.93. The predicted molar refractivity (Wildman–Crippen MR) is 110 cm³/mol. The number of nitrogens with one attached hydrogen (secondary N) is 2. The molecule has 5 nitrogen and oxygen atoms in total. The van der Waals surface area contributed by atoms with Crippen LogP contribution in [0.5, 0.6) is 0 Å². The number of hydrogen-bond acceptors (Lipinski definition) is 4. The molecule has 0 unspecified atom stereocenters. The van der Waals surface area contributed by atoms with Crippen LogP contribution < -0.4 is 15.5 Å². The Morgan fingerprint density at radius 2 is 1.96 bits per heavy atom. The molecule has 27 heavy (non-hydrogen) atoms. The van der Waals surface area contributed by atoms with Gasteiger partial charge in [-0.3, -0.25) is 0 Å². The number of ether oxygens (including phenoxy) is 1. The van der Waals surface area contributed by atoms with Crippen LogP contribution in [0, 0.1) is 5.82 Å². The lowest BCUT2D eigenvalue weighted by Gasteiger charge is -2.37. The lowest BCUT2D eigenvalue weighted by atomic mass is 10.2. The summed E-state index contributed by atoms with van der Waals surface area (Å²) in [7, 11) is 0. The smallest absolute Gasteiger partial charge is 0.319 e. The zero-order valence-electron chi connectivity index (χ0n) is 16.2. The third kappa shape index (κ3) is 6.01.